The second-order valence-corrected chi connectivity index (χ2v) is 7.67. The van der Waals surface area contributed by atoms with Crippen LogP contribution in [0.15, 0.2) is 73.1 Å². The third-order valence-electron chi connectivity index (χ3n) is 5.33. The maximum absolute atomic E-state index is 14.9. The van der Waals surface area contributed by atoms with Crippen molar-refractivity contribution in [1.82, 2.24) is 24.5 Å². The van der Waals surface area contributed by atoms with Gasteiger partial charge in [0.25, 0.3) is 5.91 Å². The highest BCUT2D eigenvalue weighted by atomic mass is 19.4. The van der Waals surface area contributed by atoms with E-state index in [1.807, 2.05) is 0 Å². The molecule has 0 aliphatic heterocycles. The van der Waals surface area contributed by atoms with Crippen molar-refractivity contribution < 1.29 is 22.4 Å². The summed E-state index contributed by atoms with van der Waals surface area (Å²) in [7, 11) is 1.54. The highest BCUT2D eigenvalue weighted by Crippen LogP contribution is 2.38. The summed E-state index contributed by atoms with van der Waals surface area (Å²) in [4.78, 5) is 17.4. The number of benzene rings is 2. The third-order valence-corrected chi connectivity index (χ3v) is 5.33. The Hall–Kier alpha value is -4.54. The van der Waals surface area contributed by atoms with Crippen LogP contribution in [0.1, 0.15) is 15.9 Å². The summed E-state index contributed by atoms with van der Waals surface area (Å²) in [5.41, 5.74) is -1.33. The van der Waals surface area contributed by atoms with Crippen molar-refractivity contribution in [3.05, 3.63) is 90.0 Å². The molecule has 0 fully saturated rings. The molecule has 1 N–H and O–H groups in total. The number of fused-ring (bicyclic) bond motifs is 1. The minimum atomic E-state index is -4.85. The van der Waals surface area contributed by atoms with Gasteiger partial charge in [-0.2, -0.15) is 18.3 Å². The van der Waals surface area contributed by atoms with Crippen LogP contribution in [-0.4, -0.2) is 30.5 Å². The van der Waals surface area contributed by atoms with Gasteiger partial charge in [0.05, 0.1) is 27.9 Å². The molecular weight excluding hydrogens is 464 g/mol. The number of carbonyl (C=O) groups is 1. The topological polar surface area (TPSA) is 77.6 Å². The Balaban J connectivity index is 1.62. The van der Waals surface area contributed by atoms with E-state index in [4.69, 9.17) is 0 Å². The smallest absolute Gasteiger partial charge is 0.306 e. The van der Waals surface area contributed by atoms with Crippen molar-refractivity contribution in [3.63, 3.8) is 0 Å². The van der Waals surface area contributed by atoms with E-state index in [2.05, 4.69) is 20.5 Å². The number of nitrogens with zero attached hydrogens (tertiary/aromatic N) is 5. The first-order valence-corrected chi connectivity index (χ1v) is 10.3. The number of alkyl halides is 3. The number of nitrogens with one attached hydrogen (secondary N) is 1. The van der Waals surface area contributed by atoms with Gasteiger partial charge in [-0.3, -0.25) is 9.48 Å². The van der Waals surface area contributed by atoms with Crippen LogP contribution >= 0.6 is 0 Å². The molecule has 0 atom stereocenters. The summed E-state index contributed by atoms with van der Waals surface area (Å²) in [5.74, 6) is -2.07. The second kappa shape index (κ2) is 8.35. The molecule has 176 valence electrons. The highest BCUT2D eigenvalue weighted by molar-refractivity contribution is 6.08. The van der Waals surface area contributed by atoms with E-state index in [0.717, 1.165) is 6.07 Å². The molecule has 5 aromatic rings. The van der Waals surface area contributed by atoms with Crippen molar-refractivity contribution in [3.8, 4) is 16.9 Å². The largest absolute Gasteiger partial charge is 0.417 e. The Kier molecular flexibility index (Phi) is 5.31. The fraction of sp³-hybridized carbons (Fsp3) is 0.0833. The van der Waals surface area contributed by atoms with Crippen molar-refractivity contribution in [2.24, 2.45) is 7.05 Å². The summed E-state index contributed by atoms with van der Waals surface area (Å²) in [6, 6.07) is 14.7. The molecule has 2 aromatic carbocycles. The van der Waals surface area contributed by atoms with E-state index in [1.165, 1.54) is 34.9 Å². The average molecular weight is 480 g/mol. The molecule has 3 heterocycles. The Bertz CT molecular complexity index is 1560. The summed E-state index contributed by atoms with van der Waals surface area (Å²) >= 11 is 0. The maximum atomic E-state index is 14.9. The number of para-hydroxylation sites is 1. The van der Waals surface area contributed by atoms with Gasteiger partial charge in [0.15, 0.2) is 5.65 Å². The Morgan fingerprint density at radius 3 is 2.46 bits per heavy atom. The maximum Gasteiger partial charge on any atom is 0.417 e. The summed E-state index contributed by atoms with van der Waals surface area (Å²) in [6.45, 7) is 0. The van der Waals surface area contributed by atoms with E-state index in [-0.39, 0.29) is 11.5 Å². The van der Waals surface area contributed by atoms with E-state index >= 15 is 0 Å². The van der Waals surface area contributed by atoms with Gasteiger partial charge in [0.2, 0.25) is 0 Å². The zero-order valence-corrected chi connectivity index (χ0v) is 18.1. The monoisotopic (exact) mass is 480 g/mol. The van der Waals surface area contributed by atoms with Gasteiger partial charge < -0.3 is 5.32 Å². The van der Waals surface area contributed by atoms with Crippen LogP contribution in [0, 0.1) is 5.82 Å². The van der Waals surface area contributed by atoms with E-state index < -0.39 is 34.6 Å². The Labute approximate surface area is 195 Å². The predicted octanol–water partition coefficient (Wildman–Crippen LogP) is 5.23. The van der Waals surface area contributed by atoms with Gasteiger partial charge in [-0.1, -0.05) is 18.2 Å². The molecule has 0 unspecified atom stereocenters. The van der Waals surface area contributed by atoms with Crippen LogP contribution < -0.4 is 5.32 Å². The lowest BCUT2D eigenvalue weighted by atomic mass is 9.99. The summed E-state index contributed by atoms with van der Waals surface area (Å²) in [5, 5.41) is 11.5. The quantitative estimate of drug-likeness (QED) is 0.358. The number of rotatable bonds is 4. The first-order valence-electron chi connectivity index (χ1n) is 10.3. The molecule has 1 amide bonds. The van der Waals surface area contributed by atoms with Crippen molar-refractivity contribution >= 4 is 22.8 Å². The number of aryl methyl sites for hydroxylation is 1. The lowest BCUT2D eigenvalue weighted by molar-refractivity contribution is -0.137. The molecule has 5 rings (SSSR count). The predicted molar refractivity (Wildman–Crippen MR) is 120 cm³/mol. The highest BCUT2D eigenvalue weighted by Gasteiger charge is 2.36. The zero-order chi connectivity index (χ0) is 24.7. The van der Waals surface area contributed by atoms with E-state index in [1.54, 1.807) is 42.5 Å². The number of aromatic nitrogens is 5. The van der Waals surface area contributed by atoms with Crippen molar-refractivity contribution in [2.75, 3.05) is 5.32 Å². The van der Waals surface area contributed by atoms with Crippen LogP contribution in [0.3, 0.4) is 0 Å². The van der Waals surface area contributed by atoms with Crippen molar-refractivity contribution in [1.29, 1.82) is 0 Å². The number of halogens is 4. The number of anilines is 1. The standard InChI is InChI=1S/C24H16F4N6O/c1-33-11-9-20(31-33)16-12-17(19(25)13-18(16)24(26,27)28)23(35)30-22-15-8-5-10-29-21(15)32-34(22)14-6-3-2-4-7-14/h2-13H,1H3,(H,30,35). The molecule has 0 aliphatic carbocycles. The number of carbonyl (C=O) groups excluding carboxylic acids is 1. The number of hydrogen-bond acceptors (Lipinski definition) is 4. The van der Waals surface area contributed by atoms with Gasteiger partial charge in [0, 0.05) is 25.0 Å². The zero-order valence-electron chi connectivity index (χ0n) is 18.1. The second-order valence-electron chi connectivity index (χ2n) is 7.67. The van der Waals surface area contributed by atoms with Crippen molar-refractivity contribution in [2.45, 2.75) is 6.18 Å². The molecule has 0 aliphatic rings. The molecule has 0 saturated carbocycles. The fourth-order valence-corrected chi connectivity index (χ4v) is 3.72. The molecule has 0 saturated heterocycles. The first-order chi connectivity index (χ1) is 16.7. The molecule has 0 radical (unpaired) electrons. The Morgan fingerprint density at radius 2 is 1.77 bits per heavy atom. The minimum Gasteiger partial charge on any atom is -0.306 e. The molecular formula is C24H16F4N6O. The lowest BCUT2D eigenvalue weighted by Gasteiger charge is -2.15. The number of pyridine rings is 1. The summed E-state index contributed by atoms with van der Waals surface area (Å²) in [6.07, 6.45) is -1.86. The first kappa shape index (κ1) is 22.3. The van der Waals surface area contributed by atoms with Gasteiger partial charge in [-0.15, -0.1) is 5.10 Å². The molecule has 0 spiro atoms. The van der Waals surface area contributed by atoms with Gasteiger partial charge in [-0.25, -0.2) is 14.1 Å². The van der Waals surface area contributed by atoms with Crippen LogP contribution in [0.4, 0.5) is 23.4 Å². The van der Waals surface area contributed by atoms with Gasteiger partial charge >= 0.3 is 6.18 Å². The molecule has 7 nitrogen and oxygen atoms in total. The summed E-state index contributed by atoms with van der Waals surface area (Å²) < 4.78 is 58.6. The van der Waals surface area contributed by atoms with Crippen LogP contribution in [0.25, 0.3) is 28.0 Å². The molecule has 35 heavy (non-hydrogen) atoms. The van der Waals surface area contributed by atoms with Crippen LogP contribution in [0.5, 0.6) is 0 Å². The van der Waals surface area contributed by atoms with Crippen LogP contribution in [0.2, 0.25) is 0 Å². The normalized spacial score (nSPS) is 11.7. The molecule has 3 aromatic heterocycles. The van der Waals surface area contributed by atoms with E-state index in [9.17, 15) is 22.4 Å². The average Bonchev–Trinajstić information content (AvgIpc) is 3.42. The van der Waals surface area contributed by atoms with Gasteiger partial charge in [-0.05, 0) is 42.5 Å². The number of hydrogen-bond donors (Lipinski definition) is 1. The SMILES string of the molecule is Cn1ccc(-c2cc(C(=O)Nc3c4cccnc4nn3-c3ccccc3)c(F)cc2C(F)(F)F)n1. The third kappa shape index (κ3) is 4.12. The lowest BCUT2D eigenvalue weighted by Crippen LogP contribution is -2.18. The molecule has 11 heteroatoms. The minimum absolute atomic E-state index is 0.0437. The molecule has 0 bridgehead atoms. The number of amides is 1. The Morgan fingerprint density at radius 1 is 1.00 bits per heavy atom. The van der Waals surface area contributed by atoms with E-state index in [0.29, 0.717) is 22.8 Å². The van der Waals surface area contributed by atoms with Crippen LogP contribution in [-0.2, 0) is 13.2 Å². The van der Waals surface area contributed by atoms with Gasteiger partial charge in [0.1, 0.15) is 11.6 Å². The fourth-order valence-electron chi connectivity index (χ4n) is 3.72.